The molecule has 0 amide bonds. The SMILES string of the molecule is [CH2-]C1([CH2-])CCNCC1.[U].[V]. The molecule has 57 valence electrons. The fourth-order valence-corrected chi connectivity index (χ4v) is 0.957. The third-order valence-corrected chi connectivity index (χ3v) is 1.66. The van der Waals surface area contributed by atoms with Gasteiger partial charge in [-0.3, -0.25) is 5.41 Å². The molecule has 0 aromatic rings. The first-order chi connectivity index (χ1) is 3.71. The Balaban J connectivity index is 0. The van der Waals surface area contributed by atoms with Crippen molar-refractivity contribution in [2.45, 2.75) is 12.8 Å². The van der Waals surface area contributed by atoms with Crippen molar-refractivity contribution in [2.75, 3.05) is 13.1 Å². The Morgan fingerprint density at radius 2 is 1.50 bits per heavy atom. The van der Waals surface area contributed by atoms with E-state index in [9.17, 15) is 0 Å². The Morgan fingerprint density at radius 1 is 1.10 bits per heavy atom. The summed E-state index contributed by atoms with van der Waals surface area (Å²) in [4.78, 5) is 0. The van der Waals surface area contributed by atoms with Crippen LogP contribution in [0.15, 0.2) is 0 Å². The van der Waals surface area contributed by atoms with Gasteiger partial charge in [0.15, 0.2) is 0 Å². The van der Waals surface area contributed by atoms with Crippen molar-refractivity contribution in [1.82, 2.24) is 5.32 Å². The van der Waals surface area contributed by atoms with Crippen LogP contribution in [-0.2, 0) is 18.6 Å². The molecule has 1 N–H and O–H groups in total. The molecule has 1 saturated heterocycles. The molecule has 1 heterocycles. The Hall–Kier alpha value is 1.60. The zero-order chi connectivity index (χ0) is 6.04. The van der Waals surface area contributed by atoms with Crippen LogP contribution >= 0.6 is 0 Å². The summed E-state index contributed by atoms with van der Waals surface area (Å²) in [6, 6.07) is 0. The van der Waals surface area contributed by atoms with E-state index in [1.807, 2.05) is 0 Å². The Bertz CT molecular complexity index is 77.7. The number of hydrogen-bond acceptors (Lipinski definition) is 1. The van der Waals surface area contributed by atoms with Gasteiger partial charge in [-0.05, 0) is 13.1 Å². The summed E-state index contributed by atoms with van der Waals surface area (Å²) in [5.41, 5.74) is 0.116. The van der Waals surface area contributed by atoms with E-state index >= 15 is 0 Å². The largest absolute Gasteiger partial charge is 0.367 e. The summed E-state index contributed by atoms with van der Waals surface area (Å²) in [7, 11) is 0. The fraction of sp³-hybridized carbons (Fsp3) is 0.714. The van der Waals surface area contributed by atoms with E-state index in [1.54, 1.807) is 0 Å². The molecule has 0 bridgehead atoms. The van der Waals surface area contributed by atoms with E-state index in [1.165, 1.54) is 0 Å². The number of piperidine rings is 1. The molecule has 0 aromatic heterocycles. The molecule has 1 fully saturated rings. The van der Waals surface area contributed by atoms with E-state index in [0.717, 1.165) is 25.9 Å². The summed E-state index contributed by atoms with van der Waals surface area (Å²) in [5.74, 6) is 0. The van der Waals surface area contributed by atoms with Gasteiger partial charge in [0.25, 0.3) is 0 Å². The van der Waals surface area contributed by atoms with Crippen LogP contribution < -0.4 is 5.32 Å². The van der Waals surface area contributed by atoms with Crippen molar-refractivity contribution in [2.24, 2.45) is 5.41 Å². The second-order valence-electron chi connectivity index (χ2n) is 2.75. The van der Waals surface area contributed by atoms with Gasteiger partial charge >= 0.3 is 0 Å². The van der Waals surface area contributed by atoms with Crippen molar-refractivity contribution in [3.8, 4) is 0 Å². The second-order valence-corrected chi connectivity index (χ2v) is 2.75. The van der Waals surface area contributed by atoms with Gasteiger partial charge in [0.1, 0.15) is 0 Å². The second kappa shape index (κ2) is 6.15. The van der Waals surface area contributed by atoms with Gasteiger partial charge in [-0.15, -0.1) is 0 Å². The molecule has 1 aliphatic heterocycles. The molecule has 1 aliphatic rings. The number of rotatable bonds is 0. The van der Waals surface area contributed by atoms with Gasteiger partial charge in [-0.1, -0.05) is 12.8 Å². The maximum absolute atomic E-state index is 3.98. The molecule has 0 unspecified atom stereocenters. The number of nitrogens with one attached hydrogen (secondary N) is 1. The first-order valence-corrected chi connectivity index (χ1v) is 3.12. The van der Waals surface area contributed by atoms with Crippen molar-refractivity contribution >= 4 is 0 Å². The first-order valence-electron chi connectivity index (χ1n) is 3.12. The van der Waals surface area contributed by atoms with Gasteiger partial charge < -0.3 is 19.2 Å². The fourth-order valence-electron chi connectivity index (χ4n) is 0.957. The summed E-state index contributed by atoms with van der Waals surface area (Å²) >= 11 is 0. The van der Waals surface area contributed by atoms with Crippen LogP contribution in [-0.4, -0.2) is 13.1 Å². The quantitative estimate of drug-likeness (QED) is 0.599. The van der Waals surface area contributed by atoms with Crippen LogP contribution in [0.5, 0.6) is 0 Å². The molecule has 10 heavy (non-hydrogen) atoms. The van der Waals surface area contributed by atoms with E-state index in [4.69, 9.17) is 0 Å². The molecular formula is C7H13NUV-2. The smallest absolute Gasteiger partial charge is 0 e. The monoisotopic (exact) mass is 400 g/mol. The van der Waals surface area contributed by atoms with Gasteiger partial charge in [0, 0.05) is 49.7 Å². The average Bonchev–Trinajstić information content (AvgIpc) is 1.65. The third-order valence-electron chi connectivity index (χ3n) is 1.66. The van der Waals surface area contributed by atoms with Gasteiger partial charge in [-0.25, -0.2) is 0 Å². The normalized spacial score (nSPS) is 22.2. The van der Waals surface area contributed by atoms with E-state index < -0.39 is 0 Å². The summed E-state index contributed by atoms with van der Waals surface area (Å²) in [6.07, 6.45) is 2.24. The van der Waals surface area contributed by atoms with E-state index in [-0.39, 0.29) is 55.1 Å². The van der Waals surface area contributed by atoms with Crippen molar-refractivity contribution < 1.29 is 49.7 Å². The topological polar surface area (TPSA) is 12.0 Å². The first kappa shape index (κ1) is 14.1. The minimum Gasteiger partial charge on any atom is -0.367 e. The molecule has 0 aromatic carbocycles. The molecular weight excluding hydrogens is 387 g/mol. The summed E-state index contributed by atoms with van der Waals surface area (Å²) in [5, 5.41) is 3.26. The van der Waals surface area contributed by atoms with Gasteiger partial charge in [-0.2, -0.15) is 0 Å². The maximum atomic E-state index is 3.98. The van der Waals surface area contributed by atoms with Crippen molar-refractivity contribution in [1.29, 1.82) is 0 Å². The van der Waals surface area contributed by atoms with Crippen LogP contribution in [0, 0.1) is 50.4 Å². The molecule has 0 aliphatic carbocycles. The van der Waals surface area contributed by atoms with E-state index in [2.05, 4.69) is 19.2 Å². The predicted octanol–water partition coefficient (Wildman–Crippen LogP) is 1.02. The van der Waals surface area contributed by atoms with Crippen LogP contribution in [0.4, 0.5) is 0 Å². The molecule has 0 spiro atoms. The Morgan fingerprint density at radius 3 is 1.70 bits per heavy atom. The van der Waals surface area contributed by atoms with Crippen LogP contribution in [0.2, 0.25) is 0 Å². The standard InChI is InChI=1S/C7H13N.U.V/c1-7(2)3-5-8-6-4-7;;/h8H,1-6H2;;/q-2;;. The zero-order valence-electron chi connectivity index (χ0n) is 6.19. The van der Waals surface area contributed by atoms with Crippen LogP contribution in [0.3, 0.4) is 0 Å². The van der Waals surface area contributed by atoms with Gasteiger partial charge in [0.2, 0.25) is 0 Å². The predicted molar refractivity (Wildman–Crippen MR) is 35.3 cm³/mol. The maximum Gasteiger partial charge on any atom is 0 e. The molecule has 3 heteroatoms. The van der Waals surface area contributed by atoms with Gasteiger partial charge in [0.05, 0.1) is 0 Å². The Labute approximate surface area is 99.4 Å². The summed E-state index contributed by atoms with van der Waals surface area (Å²) < 4.78 is 0. The third kappa shape index (κ3) is 5.27. The van der Waals surface area contributed by atoms with Crippen molar-refractivity contribution in [3.05, 3.63) is 13.8 Å². The minimum absolute atomic E-state index is 0. The van der Waals surface area contributed by atoms with Crippen LogP contribution in [0.25, 0.3) is 0 Å². The summed E-state index contributed by atoms with van der Waals surface area (Å²) in [6.45, 7) is 10.1. The Kier molecular flexibility index (Phi) is 8.70. The molecule has 1 rings (SSSR count). The molecule has 1 radical (unpaired) electrons. The molecule has 1 nitrogen and oxygen atoms in total. The van der Waals surface area contributed by atoms with Crippen molar-refractivity contribution in [3.63, 3.8) is 0 Å². The zero-order valence-corrected chi connectivity index (χ0v) is 11.8. The average molecular weight is 400 g/mol. The van der Waals surface area contributed by atoms with E-state index in [0.29, 0.717) is 0 Å². The van der Waals surface area contributed by atoms with Crippen LogP contribution in [0.1, 0.15) is 12.8 Å². The minimum atomic E-state index is 0. The molecule has 0 atom stereocenters. The number of hydrogen-bond donors (Lipinski definition) is 1. The molecule has 0 saturated carbocycles.